The number of nitrogens with zero attached hydrogens (tertiary/aromatic N) is 2. The predicted octanol–water partition coefficient (Wildman–Crippen LogP) is 5.27. The molecule has 0 spiro atoms. The van der Waals surface area contributed by atoms with Crippen molar-refractivity contribution in [1.82, 2.24) is 9.88 Å². The number of benzene rings is 2. The van der Waals surface area contributed by atoms with Gasteiger partial charge in [0.05, 0.1) is 12.6 Å². The second-order valence-corrected chi connectivity index (χ2v) is 8.42. The Hall–Kier alpha value is -2.65. The number of hydrogen-bond donors (Lipinski definition) is 0. The van der Waals surface area contributed by atoms with E-state index in [9.17, 15) is 0 Å². The lowest BCUT2D eigenvalue weighted by Crippen LogP contribution is -2.55. The van der Waals surface area contributed by atoms with Gasteiger partial charge in [0, 0.05) is 30.1 Å². The van der Waals surface area contributed by atoms with Gasteiger partial charge < -0.3 is 4.74 Å². The molecule has 0 aliphatic carbocycles. The molecule has 1 aromatic heterocycles. The highest BCUT2D eigenvalue weighted by molar-refractivity contribution is 5.84. The summed E-state index contributed by atoms with van der Waals surface area (Å²) in [7, 11) is 1.73. The van der Waals surface area contributed by atoms with Crippen LogP contribution < -0.4 is 4.74 Å². The van der Waals surface area contributed by atoms with Crippen molar-refractivity contribution < 1.29 is 4.74 Å². The van der Waals surface area contributed by atoms with Gasteiger partial charge in [-0.15, -0.1) is 6.58 Å². The number of hydrogen-bond acceptors (Lipinski definition) is 3. The van der Waals surface area contributed by atoms with Crippen LogP contribution in [0.15, 0.2) is 73.4 Å². The maximum atomic E-state index is 5.54. The summed E-state index contributed by atoms with van der Waals surface area (Å²) in [5, 5.41) is 1.20. The molecule has 0 N–H and O–H groups in total. The second kappa shape index (κ2) is 7.64. The fourth-order valence-corrected chi connectivity index (χ4v) is 5.54. The van der Waals surface area contributed by atoms with Crippen molar-refractivity contribution in [3.63, 3.8) is 0 Å². The van der Waals surface area contributed by atoms with E-state index >= 15 is 0 Å². The van der Waals surface area contributed by atoms with Crippen LogP contribution in [0.5, 0.6) is 5.75 Å². The zero-order chi connectivity index (χ0) is 19.8. The number of pyridine rings is 1. The molecule has 2 aromatic carbocycles. The standard InChI is InChI=1S/C26H28N2O/c1-3-18-17-28-14-12-20(18)15-25(28)26(19-7-5-4-6-8-19)22-11-13-27-24-10-9-21(29-2)16-23(22)24/h3-11,13,16,18,20,25-26H,1,12,14-15,17H2,2H3/t18-,20-,25-,26-/m0/s1. The summed E-state index contributed by atoms with van der Waals surface area (Å²) in [6, 6.07) is 19.9. The van der Waals surface area contributed by atoms with E-state index in [1.807, 2.05) is 12.3 Å². The monoisotopic (exact) mass is 384 g/mol. The Balaban J connectivity index is 1.65. The zero-order valence-electron chi connectivity index (χ0n) is 17.0. The van der Waals surface area contributed by atoms with Gasteiger partial charge in [-0.3, -0.25) is 9.88 Å². The van der Waals surface area contributed by atoms with Gasteiger partial charge in [-0.05, 0) is 66.6 Å². The van der Waals surface area contributed by atoms with Gasteiger partial charge in [0.2, 0.25) is 0 Å². The van der Waals surface area contributed by atoms with Crippen LogP contribution in [0.3, 0.4) is 0 Å². The van der Waals surface area contributed by atoms with Crippen molar-refractivity contribution in [2.75, 3.05) is 20.2 Å². The van der Waals surface area contributed by atoms with E-state index < -0.39 is 0 Å². The van der Waals surface area contributed by atoms with Gasteiger partial charge in [0.25, 0.3) is 0 Å². The van der Waals surface area contributed by atoms with Crippen LogP contribution in [0.2, 0.25) is 0 Å². The first kappa shape index (κ1) is 18.4. The summed E-state index contributed by atoms with van der Waals surface area (Å²) < 4.78 is 5.54. The molecule has 0 radical (unpaired) electrons. The molecular formula is C26H28N2O. The Kier molecular flexibility index (Phi) is 4.84. The molecule has 0 saturated carbocycles. The molecule has 1 unspecified atom stereocenters. The van der Waals surface area contributed by atoms with Gasteiger partial charge in [-0.2, -0.15) is 0 Å². The fourth-order valence-electron chi connectivity index (χ4n) is 5.54. The van der Waals surface area contributed by atoms with Crippen LogP contribution in [0.25, 0.3) is 10.9 Å². The molecule has 3 fully saturated rings. The smallest absolute Gasteiger partial charge is 0.119 e. The van der Waals surface area contributed by atoms with E-state index in [1.54, 1.807) is 7.11 Å². The van der Waals surface area contributed by atoms with Gasteiger partial charge in [0.15, 0.2) is 0 Å². The van der Waals surface area contributed by atoms with Crippen LogP contribution in [-0.2, 0) is 0 Å². The topological polar surface area (TPSA) is 25.4 Å². The van der Waals surface area contributed by atoms with E-state index in [2.05, 4.69) is 71.1 Å². The van der Waals surface area contributed by atoms with Crippen molar-refractivity contribution in [1.29, 1.82) is 0 Å². The number of methoxy groups -OCH3 is 1. The van der Waals surface area contributed by atoms with Crippen molar-refractivity contribution >= 4 is 10.9 Å². The van der Waals surface area contributed by atoms with E-state index in [1.165, 1.54) is 35.9 Å². The minimum Gasteiger partial charge on any atom is -0.497 e. The third-order valence-electron chi connectivity index (χ3n) is 7.01. The Bertz CT molecular complexity index is 1020. The molecule has 5 atom stereocenters. The van der Waals surface area contributed by atoms with Crippen molar-refractivity contribution in [2.45, 2.75) is 24.8 Å². The predicted molar refractivity (Wildman–Crippen MR) is 118 cm³/mol. The van der Waals surface area contributed by atoms with Crippen molar-refractivity contribution in [3.05, 3.63) is 84.6 Å². The molecule has 3 aliphatic rings. The quantitative estimate of drug-likeness (QED) is 0.560. The molecule has 6 rings (SSSR count). The lowest BCUT2D eigenvalue weighted by molar-refractivity contribution is 0.0121. The van der Waals surface area contributed by atoms with Crippen LogP contribution >= 0.6 is 0 Å². The summed E-state index contributed by atoms with van der Waals surface area (Å²) in [6.45, 7) is 6.42. The average Bonchev–Trinajstić information content (AvgIpc) is 2.80. The maximum Gasteiger partial charge on any atom is 0.119 e. The van der Waals surface area contributed by atoms with E-state index in [0.29, 0.717) is 17.9 Å². The number of rotatable bonds is 5. The van der Waals surface area contributed by atoms with Crippen LogP contribution in [-0.4, -0.2) is 36.1 Å². The number of piperidine rings is 3. The number of ether oxygens (including phenoxy) is 1. The lowest BCUT2D eigenvalue weighted by Gasteiger charge is -2.52. The highest BCUT2D eigenvalue weighted by atomic mass is 16.5. The molecule has 29 heavy (non-hydrogen) atoms. The Morgan fingerprint density at radius 3 is 2.76 bits per heavy atom. The van der Waals surface area contributed by atoms with Gasteiger partial charge >= 0.3 is 0 Å². The van der Waals surface area contributed by atoms with Crippen LogP contribution in [0, 0.1) is 11.8 Å². The first-order valence-corrected chi connectivity index (χ1v) is 10.6. The first-order chi connectivity index (χ1) is 14.3. The largest absolute Gasteiger partial charge is 0.497 e. The summed E-state index contributed by atoms with van der Waals surface area (Å²) >= 11 is 0. The average molecular weight is 385 g/mol. The molecule has 3 heteroatoms. The SMILES string of the molecule is C=C[C@H]1CN2CC[C@H]1C[C@H]2[C@@H](c1ccccc1)c1ccnc2ccc(OC)cc12. The Morgan fingerprint density at radius 2 is 2.03 bits per heavy atom. The molecule has 2 bridgehead atoms. The molecule has 3 aliphatic heterocycles. The first-order valence-electron chi connectivity index (χ1n) is 10.6. The van der Waals surface area contributed by atoms with E-state index in [0.717, 1.165) is 23.7 Å². The molecular weight excluding hydrogens is 356 g/mol. The normalized spacial score (nSPS) is 26.9. The summed E-state index contributed by atoms with van der Waals surface area (Å²) in [4.78, 5) is 7.33. The number of aromatic nitrogens is 1. The second-order valence-electron chi connectivity index (χ2n) is 8.42. The molecule has 3 saturated heterocycles. The minimum absolute atomic E-state index is 0.322. The molecule has 3 nitrogen and oxygen atoms in total. The molecule has 0 amide bonds. The van der Waals surface area contributed by atoms with Crippen molar-refractivity contribution in [2.24, 2.45) is 11.8 Å². The lowest BCUT2D eigenvalue weighted by atomic mass is 9.69. The van der Waals surface area contributed by atoms with E-state index in [4.69, 9.17) is 4.74 Å². The fraction of sp³-hybridized carbons (Fsp3) is 0.346. The van der Waals surface area contributed by atoms with Gasteiger partial charge in [-0.1, -0.05) is 36.4 Å². The maximum absolute atomic E-state index is 5.54. The highest BCUT2D eigenvalue weighted by Gasteiger charge is 2.43. The third kappa shape index (κ3) is 3.24. The summed E-state index contributed by atoms with van der Waals surface area (Å²) in [5.74, 6) is 2.58. The molecule has 3 aromatic rings. The third-order valence-corrected chi connectivity index (χ3v) is 7.01. The van der Waals surface area contributed by atoms with Gasteiger partial charge in [0.1, 0.15) is 5.75 Å². The zero-order valence-corrected chi connectivity index (χ0v) is 17.0. The van der Waals surface area contributed by atoms with Crippen LogP contribution in [0.4, 0.5) is 0 Å². The molecule has 4 heterocycles. The van der Waals surface area contributed by atoms with Crippen LogP contribution in [0.1, 0.15) is 29.9 Å². The van der Waals surface area contributed by atoms with E-state index in [-0.39, 0.29) is 0 Å². The number of fused-ring (bicyclic) bond motifs is 4. The van der Waals surface area contributed by atoms with Gasteiger partial charge in [-0.25, -0.2) is 0 Å². The van der Waals surface area contributed by atoms with Crippen molar-refractivity contribution in [3.8, 4) is 5.75 Å². The molecule has 148 valence electrons. The summed E-state index contributed by atoms with van der Waals surface area (Å²) in [6.07, 6.45) is 6.66. The summed E-state index contributed by atoms with van der Waals surface area (Å²) in [5.41, 5.74) is 3.77. The Morgan fingerprint density at radius 1 is 1.17 bits per heavy atom. The highest BCUT2D eigenvalue weighted by Crippen LogP contribution is 2.45. The minimum atomic E-state index is 0.322. The Labute approximate surface area is 173 Å².